The van der Waals surface area contributed by atoms with Crippen LogP contribution in [0.4, 0.5) is 18.3 Å². The molecule has 0 amide bonds. The maximum atomic E-state index is 10.6. The Labute approximate surface area is 214 Å². The van der Waals surface area contributed by atoms with Crippen LogP contribution in [-0.4, -0.2) is 60.1 Å². The highest BCUT2D eigenvalue weighted by molar-refractivity contribution is 9.11. The number of nitriles is 1. The van der Waals surface area contributed by atoms with Gasteiger partial charge in [0.1, 0.15) is 12.0 Å². The van der Waals surface area contributed by atoms with Gasteiger partial charge >= 0.3 is 12.1 Å². The number of thiazole rings is 1. The Morgan fingerprint density at radius 1 is 1.36 bits per heavy atom. The van der Waals surface area contributed by atoms with Crippen molar-refractivity contribution < 1.29 is 23.1 Å². The molecule has 1 unspecified atom stereocenters. The van der Waals surface area contributed by atoms with Crippen LogP contribution in [0.5, 0.6) is 0 Å². The van der Waals surface area contributed by atoms with Crippen molar-refractivity contribution in [3.8, 4) is 17.3 Å². The first-order valence-corrected chi connectivity index (χ1v) is 12.1. The maximum Gasteiger partial charge on any atom is 0.490 e. The topological polar surface area (TPSA) is 137 Å². The zero-order valence-corrected chi connectivity index (χ0v) is 20.8. The summed E-state index contributed by atoms with van der Waals surface area (Å²) in [5.74, 6) is -2.42. The average molecular weight is 583 g/mol. The minimum absolute atomic E-state index is 0.0192. The number of halogens is 4. The molecule has 0 aliphatic carbocycles. The molecule has 0 saturated carbocycles. The number of H-pyrrole nitrogens is 1. The Balaban J connectivity index is 0.000000384. The zero-order chi connectivity index (χ0) is 25.9. The van der Waals surface area contributed by atoms with Crippen LogP contribution in [-0.2, 0) is 4.79 Å². The predicted molar refractivity (Wildman–Crippen MR) is 128 cm³/mol. The van der Waals surface area contributed by atoms with E-state index in [0.29, 0.717) is 12.3 Å². The standard InChI is InChI=1S/C19H17BrN8S.C2HF3O2/c20-16-8-23-19(29-16)27-6-3-12(9-27)15(1-4-21)28-10-13(7-26-28)17-14-2-5-22-18(14)25-11-24-17;3-2(4,5)1(6)7/h2,5,7-8,10-12,15H,1,3,6,9H2,(H,22,24,25);(H,6,7)/t12-,15?;/m0./s1. The molecular weight excluding hydrogens is 565 g/mol. The average Bonchev–Trinajstić information content (AvgIpc) is 3.63. The lowest BCUT2D eigenvalue weighted by atomic mass is 9.96. The van der Waals surface area contributed by atoms with Gasteiger partial charge in [-0.15, -0.1) is 0 Å². The minimum Gasteiger partial charge on any atom is -0.475 e. The smallest absolute Gasteiger partial charge is 0.475 e. The van der Waals surface area contributed by atoms with Gasteiger partial charge in [0.25, 0.3) is 0 Å². The van der Waals surface area contributed by atoms with Gasteiger partial charge in [-0.2, -0.15) is 23.5 Å². The van der Waals surface area contributed by atoms with Crippen LogP contribution in [0.25, 0.3) is 22.3 Å². The molecule has 36 heavy (non-hydrogen) atoms. The molecule has 5 rings (SSSR count). The van der Waals surface area contributed by atoms with Crippen LogP contribution < -0.4 is 4.90 Å². The van der Waals surface area contributed by atoms with E-state index >= 15 is 0 Å². The molecule has 1 aliphatic heterocycles. The van der Waals surface area contributed by atoms with E-state index in [4.69, 9.17) is 9.90 Å². The minimum atomic E-state index is -5.08. The van der Waals surface area contributed by atoms with Crippen molar-refractivity contribution in [1.82, 2.24) is 29.7 Å². The highest BCUT2D eigenvalue weighted by Gasteiger charge is 2.38. The van der Waals surface area contributed by atoms with Gasteiger partial charge in [-0.25, -0.2) is 19.7 Å². The Hall–Kier alpha value is -3.51. The Morgan fingerprint density at radius 3 is 2.81 bits per heavy atom. The number of hydrogen-bond acceptors (Lipinski definition) is 8. The van der Waals surface area contributed by atoms with Crippen molar-refractivity contribution in [1.29, 1.82) is 5.26 Å². The quantitative estimate of drug-likeness (QED) is 0.347. The van der Waals surface area contributed by atoms with Crippen LogP contribution >= 0.6 is 27.3 Å². The second-order valence-corrected chi connectivity index (χ2v) is 10.2. The normalized spacial score (nSPS) is 16.4. The summed E-state index contributed by atoms with van der Waals surface area (Å²) >= 11 is 5.12. The molecule has 0 radical (unpaired) electrons. The third-order valence-corrected chi connectivity index (χ3v) is 7.15. The fraction of sp³-hybridized carbons (Fsp3) is 0.333. The zero-order valence-electron chi connectivity index (χ0n) is 18.4. The van der Waals surface area contributed by atoms with Crippen molar-refractivity contribution in [3.63, 3.8) is 0 Å². The molecule has 188 valence electrons. The number of aliphatic carboxylic acids is 1. The summed E-state index contributed by atoms with van der Waals surface area (Å²) in [6, 6.07) is 4.33. The molecular formula is C21H18BrF3N8O2S. The molecule has 2 atom stereocenters. The highest BCUT2D eigenvalue weighted by atomic mass is 79.9. The number of nitrogens with one attached hydrogen (secondary N) is 1. The van der Waals surface area contributed by atoms with Crippen molar-refractivity contribution >= 4 is 49.4 Å². The second-order valence-electron chi connectivity index (χ2n) is 7.85. The van der Waals surface area contributed by atoms with Gasteiger partial charge in [-0.1, -0.05) is 11.3 Å². The predicted octanol–water partition coefficient (Wildman–Crippen LogP) is 4.65. The summed E-state index contributed by atoms with van der Waals surface area (Å²) in [5, 5.41) is 23.1. The van der Waals surface area contributed by atoms with Gasteiger partial charge in [0.05, 0.1) is 40.4 Å². The van der Waals surface area contributed by atoms with E-state index in [0.717, 1.165) is 50.7 Å². The monoisotopic (exact) mass is 582 g/mol. The first-order chi connectivity index (χ1) is 17.2. The number of carboxylic acids is 1. The Kier molecular flexibility index (Phi) is 7.55. The SMILES string of the molecule is N#CCC([C@H]1CCN(c2ncc(Br)s2)C1)n1cc(-c2ncnc3[nH]ccc23)cn1.O=C(O)C(F)(F)F. The molecule has 5 heterocycles. The lowest BCUT2D eigenvalue weighted by Crippen LogP contribution is -2.24. The number of aromatic amines is 1. The van der Waals surface area contributed by atoms with Crippen LogP contribution in [0.15, 0.2) is 41.0 Å². The van der Waals surface area contributed by atoms with E-state index in [1.54, 1.807) is 17.7 Å². The number of nitrogens with zero attached hydrogens (tertiary/aromatic N) is 7. The molecule has 1 aliphatic rings. The number of fused-ring (bicyclic) bond motifs is 1. The van der Waals surface area contributed by atoms with Gasteiger partial charge in [-0.05, 0) is 28.4 Å². The van der Waals surface area contributed by atoms with E-state index in [2.05, 4.69) is 51.9 Å². The van der Waals surface area contributed by atoms with E-state index in [1.165, 1.54) is 0 Å². The molecule has 0 bridgehead atoms. The number of alkyl halides is 3. The van der Waals surface area contributed by atoms with Gasteiger partial charge < -0.3 is 15.0 Å². The van der Waals surface area contributed by atoms with Crippen LogP contribution in [0, 0.1) is 17.2 Å². The first kappa shape index (κ1) is 25.6. The maximum absolute atomic E-state index is 10.6. The molecule has 4 aromatic heterocycles. The van der Waals surface area contributed by atoms with Gasteiger partial charge in [0, 0.05) is 42.4 Å². The molecule has 10 nitrogen and oxygen atoms in total. The number of carbonyl (C=O) groups is 1. The summed E-state index contributed by atoms with van der Waals surface area (Å²) in [4.78, 5) is 27.5. The molecule has 4 aromatic rings. The van der Waals surface area contributed by atoms with Crippen molar-refractivity contribution in [2.75, 3.05) is 18.0 Å². The Bertz CT molecular complexity index is 1400. The van der Waals surface area contributed by atoms with Crippen LogP contribution in [0.2, 0.25) is 0 Å². The molecule has 1 fully saturated rings. The Morgan fingerprint density at radius 2 is 2.14 bits per heavy atom. The molecule has 0 spiro atoms. The first-order valence-electron chi connectivity index (χ1n) is 10.5. The summed E-state index contributed by atoms with van der Waals surface area (Å²) in [7, 11) is 0. The number of aromatic nitrogens is 6. The number of carboxylic acid groups (broad SMARTS) is 1. The fourth-order valence-corrected chi connectivity index (χ4v) is 5.20. The lowest BCUT2D eigenvalue weighted by molar-refractivity contribution is -0.192. The van der Waals surface area contributed by atoms with Crippen molar-refractivity contribution in [2.24, 2.45) is 5.92 Å². The third-order valence-electron chi connectivity index (χ3n) is 5.62. The van der Waals surface area contributed by atoms with Gasteiger partial charge in [0.15, 0.2) is 5.13 Å². The van der Waals surface area contributed by atoms with E-state index in [1.807, 2.05) is 35.5 Å². The summed E-state index contributed by atoms with van der Waals surface area (Å²) < 4.78 is 34.7. The fourth-order valence-electron chi connectivity index (χ4n) is 3.98. The van der Waals surface area contributed by atoms with Gasteiger partial charge in [0.2, 0.25) is 0 Å². The van der Waals surface area contributed by atoms with Crippen molar-refractivity contribution in [3.05, 3.63) is 41.0 Å². The lowest BCUT2D eigenvalue weighted by Gasteiger charge is -2.22. The molecule has 1 saturated heterocycles. The summed E-state index contributed by atoms with van der Waals surface area (Å²) in [5.41, 5.74) is 2.58. The molecule has 2 N–H and O–H groups in total. The molecule has 15 heteroatoms. The highest BCUT2D eigenvalue weighted by Crippen LogP contribution is 2.36. The van der Waals surface area contributed by atoms with Crippen LogP contribution in [0.1, 0.15) is 18.9 Å². The van der Waals surface area contributed by atoms with E-state index in [-0.39, 0.29) is 6.04 Å². The third kappa shape index (κ3) is 5.65. The molecule has 0 aromatic carbocycles. The van der Waals surface area contributed by atoms with Crippen molar-refractivity contribution in [2.45, 2.75) is 25.1 Å². The largest absolute Gasteiger partial charge is 0.490 e. The number of anilines is 1. The van der Waals surface area contributed by atoms with E-state index < -0.39 is 12.1 Å². The van der Waals surface area contributed by atoms with E-state index in [9.17, 15) is 18.4 Å². The summed E-state index contributed by atoms with van der Waals surface area (Å²) in [6.45, 7) is 1.81. The second kappa shape index (κ2) is 10.6. The number of hydrogen-bond donors (Lipinski definition) is 2. The number of rotatable bonds is 5. The van der Waals surface area contributed by atoms with Gasteiger partial charge in [-0.3, -0.25) is 4.68 Å². The summed E-state index contributed by atoms with van der Waals surface area (Å²) in [6.07, 6.45) is 5.42. The van der Waals surface area contributed by atoms with Crippen LogP contribution in [0.3, 0.4) is 0 Å².